The third-order valence-electron chi connectivity index (χ3n) is 5.48. The number of hydrogen-bond acceptors (Lipinski definition) is 5. The van der Waals surface area contributed by atoms with Crippen LogP contribution in [0.4, 0.5) is 0 Å². The van der Waals surface area contributed by atoms with Gasteiger partial charge in [0, 0.05) is 5.02 Å². The van der Waals surface area contributed by atoms with Gasteiger partial charge in [-0.2, -0.15) is 9.59 Å². The van der Waals surface area contributed by atoms with Crippen LogP contribution < -0.4 is 0 Å². The minimum atomic E-state index is -0.853. The average Bonchev–Trinajstić information content (AvgIpc) is 2.65. The van der Waals surface area contributed by atoms with Gasteiger partial charge < -0.3 is 4.74 Å². The van der Waals surface area contributed by atoms with E-state index < -0.39 is 11.9 Å². The van der Waals surface area contributed by atoms with Crippen LogP contribution in [0, 0.1) is 17.3 Å². The molecule has 158 valence electrons. The van der Waals surface area contributed by atoms with Crippen molar-refractivity contribution in [2.45, 2.75) is 26.7 Å². The summed E-state index contributed by atoms with van der Waals surface area (Å²) in [5.74, 6) is -1.40. The number of benzene rings is 2. The molecule has 0 aromatic heterocycles. The van der Waals surface area contributed by atoms with Gasteiger partial charge in [0.2, 0.25) is 0 Å². The molecule has 0 amide bonds. The molecule has 0 spiro atoms. The van der Waals surface area contributed by atoms with Crippen molar-refractivity contribution >= 4 is 52.9 Å². The fourth-order valence-electron chi connectivity index (χ4n) is 3.61. The van der Waals surface area contributed by atoms with Crippen LogP contribution in [0.25, 0.3) is 0 Å². The van der Waals surface area contributed by atoms with E-state index in [2.05, 4.69) is 12.1 Å². The van der Waals surface area contributed by atoms with Crippen LogP contribution in [0.5, 0.6) is 0 Å². The Balaban J connectivity index is 0.00000101. The predicted octanol–water partition coefficient (Wildman–Crippen LogP) is 5.65. The minimum absolute atomic E-state index is 0.0472. The van der Waals surface area contributed by atoms with Gasteiger partial charge >= 0.3 is 18.1 Å². The van der Waals surface area contributed by atoms with Gasteiger partial charge in [-0.25, -0.2) is 4.79 Å². The zero-order chi connectivity index (χ0) is 22.5. The van der Waals surface area contributed by atoms with Crippen molar-refractivity contribution < 1.29 is 23.9 Å². The van der Waals surface area contributed by atoms with Gasteiger partial charge in [0.05, 0.1) is 21.5 Å². The van der Waals surface area contributed by atoms with E-state index in [1.54, 1.807) is 0 Å². The Hall–Kier alpha value is -2.17. The Morgan fingerprint density at radius 3 is 2.10 bits per heavy atom. The molecule has 2 atom stereocenters. The van der Waals surface area contributed by atoms with Crippen molar-refractivity contribution in [3.8, 4) is 0 Å². The van der Waals surface area contributed by atoms with E-state index in [1.165, 1.54) is 17.7 Å². The van der Waals surface area contributed by atoms with E-state index in [0.717, 1.165) is 6.42 Å². The number of halogens is 3. The summed E-state index contributed by atoms with van der Waals surface area (Å²) >= 11 is 17.9. The number of esters is 2. The number of ether oxygens (including phenoxy) is 1. The highest BCUT2D eigenvalue weighted by Gasteiger charge is 2.52. The van der Waals surface area contributed by atoms with E-state index in [-0.39, 0.29) is 33.1 Å². The molecule has 0 radical (unpaired) electrons. The summed E-state index contributed by atoms with van der Waals surface area (Å²) in [7, 11) is 0. The molecule has 0 bridgehead atoms. The average molecular weight is 470 g/mol. The third kappa shape index (κ3) is 5.50. The van der Waals surface area contributed by atoms with E-state index in [9.17, 15) is 9.59 Å². The molecule has 0 unspecified atom stereocenters. The summed E-state index contributed by atoms with van der Waals surface area (Å²) in [6.45, 7) is 4.06. The highest BCUT2D eigenvalue weighted by atomic mass is 35.5. The maximum atomic E-state index is 12.6. The molecule has 8 heteroatoms. The summed E-state index contributed by atoms with van der Waals surface area (Å²) in [5, 5.41) is 0.414. The molecular formula is C22H19Cl3O5. The molecular weight excluding hydrogens is 451 g/mol. The predicted molar refractivity (Wildman–Crippen MR) is 112 cm³/mol. The highest BCUT2D eigenvalue weighted by molar-refractivity contribution is 6.42. The number of carbonyl (C=O) groups is 2. The Kier molecular flexibility index (Phi) is 8.22. The summed E-state index contributed by atoms with van der Waals surface area (Å²) in [5.41, 5.74) is 0.924. The monoisotopic (exact) mass is 468 g/mol. The second-order valence-electron chi connectivity index (χ2n) is 7.53. The molecule has 30 heavy (non-hydrogen) atoms. The quantitative estimate of drug-likeness (QED) is 0.427. The molecule has 0 N–H and O–H groups in total. The lowest BCUT2D eigenvalue weighted by atomic mass is 9.53. The van der Waals surface area contributed by atoms with E-state index in [0.29, 0.717) is 17.4 Å². The Labute approximate surface area is 189 Å². The smallest absolute Gasteiger partial charge is 0.373 e. The molecule has 2 aromatic carbocycles. The Morgan fingerprint density at radius 2 is 1.60 bits per heavy atom. The fraction of sp³-hybridized carbons (Fsp3) is 0.318. The summed E-state index contributed by atoms with van der Waals surface area (Å²) < 4.78 is 5.09. The van der Waals surface area contributed by atoms with Gasteiger partial charge in [-0.15, -0.1) is 0 Å². The maximum absolute atomic E-state index is 12.6. The topological polar surface area (TPSA) is 77.5 Å². The van der Waals surface area contributed by atoms with Crippen LogP contribution in [-0.2, 0) is 25.5 Å². The van der Waals surface area contributed by atoms with E-state index in [1.807, 2.05) is 32.0 Å². The summed E-state index contributed by atoms with van der Waals surface area (Å²) in [6, 6.07) is 12.9. The van der Waals surface area contributed by atoms with Gasteiger partial charge in [-0.05, 0) is 41.9 Å². The molecule has 3 rings (SSSR count). The lowest BCUT2D eigenvalue weighted by Crippen LogP contribution is -2.50. The SMILES string of the molecule is CC1(C)[C@@H](Cc2ccccc2)C[C@H]1C(=O)OC(=O)c1c(Cl)cc(Cl)cc1Cl.O=C=O. The van der Waals surface area contributed by atoms with Crippen molar-refractivity contribution in [1.29, 1.82) is 0 Å². The van der Waals surface area contributed by atoms with E-state index in [4.69, 9.17) is 49.1 Å². The molecule has 0 saturated heterocycles. The van der Waals surface area contributed by atoms with Crippen molar-refractivity contribution in [2.75, 3.05) is 0 Å². The van der Waals surface area contributed by atoms with Crippen molar-refractivity contribution in [3.63, 3.8) is 0 Å². The zero-order valence-electron chi connectivity index (χ0n) is 16.3. The second kappa shape index (κ2) is 10.2. The van der Waals surface area contributed by atoms with Crippen LogP contribution in [0.1, 0.15) is 36.2 Å². The number of hydrogen-bond donors (Lipinski definition) is 0. The second-order valence-corrected chi connectivity index (χ2v) is 8.78. The molecule has 0 heterocycles. The summed E-state index contributed by atoms with van der Waals surface area (Å²) in [6.07, 6.45) is 1.82. The molecule has 1 fully saturated rings. The molecule has 1 aliphatic rings. The standard InChI is InChI=1S/C21H19Cl3O3.CO2/c1-21(2)13(8-12-6-4-3-5-7-12)9-15(21)19(25)27-20(26)18-16(23)10-14(22)11-17(18)24;2-1-3/h3-7,10-11,13,15H,8-9H2,1-2H3;/t13-,15-;/m0./s1. The van der Waals surface area contributed by atoms with E-state index >= 15 is 0 Å². The molecule has 1 aliphatic carbocycles. The molecule has 0 aliphatic heterocycles. The van der Waals surface area contributed by atoms with Crippen molar-refractivity contribution in [1.82, 2.24) is 0 Å². The van der Waals surface area contributed by atoms with Gasteiger partial charge in [0.15, 0.2) is 0 Å². The highest BCUT2D eigenvalue weighted by Crippen LogP contribution is 2.53. The first-order valence-corrected chi connectivity index (χ1v) is 10.2. The molecule has 5 nitrogen and oxygen atoms in total. The lowest BCUT2D eigenvalue weighted by molar-refractivity contribution is -0.191. The zero-order valence-corrected chi connectivity index (χ0v) is 18.6. The largest absolute Gasteiger partial charge is 0.389 e. The van der Waals surface area contributed by atoms with Gasteiger partial charge in [0.1, 0.15) is 0 Å². The van der Waals surface area contributed by atoms with Gasteiger partial charge in [-0.1, -0.05) is 79.0 Å². The van der Waals surface area contributed by atoms with Crippen LogP contribution in [-0.4, -0.2) is 18.1 Å². The van der Waals surface area contributed by atoms with Crippen LogP contribution >= 0.6 is 34.8 Å². The minimum Gasteiger partial charge on any atom is -0.389 e. The Bertz CT molecular complexity index is 943. The molecule has 1 saturated carbocycles. The van der Waals surface area contributed by atoms with Crippen molar-refractivity contribution in [2.24, 2.45) is 17.3 Å². The van der Waals surface area contributed by atoms with Crippen molar-refractivity contribution in [3.05, 3.63) is 68.7 Å². The first-order valence-electron chi connectivity index (χ1n) is 9.05. The van der Waals surface area contributed by atoms with Crippen LogP contribution in [0.15, 0.2) is 42.5 Å². The third-order valence-corrected chi connectivity index (χ3v) is 6.30. The first-order chi connectivity index (χ1) is 14.1. The van der Waals surface area contributed by atoms with Crippen LogP contribution in [0.2, 0.25) is 15.1 Å². The number of carbonyl (C=O) groups excluding carboxylic acids is 4. The normalized spacial score (nSPS) is 18.8. The molecule has 2 aromatic rings. The number of rotatable bonds is 4. The van der Waals surface area contributed by atoms with Gasteiger partial charge in [-0.3, -0.25) is 4.79 Å². The Morgan fingerprint density at radius 1 is 1.07 bits per heavy atom. The lowest BCUT2D eigenvalue weighted by Gasteiger charge is -2.50. The summed E-state index contributed by atoms with van der Waals surface area (Å²) in [4.78, 5) is 41.2. The first kappa shape index (κ1) is 24.1. The van der Waals surface area contributed by atoms with Crippen LogP contribution in [0.3, 0.4) is 0 Å². The van der Waals surface area contributed by atoms with Gasteiger partial charge in [0.25, 0.3) is 0 Å². The fourth-order valence-corrected chi connectivity index (χ4v) is 4.58. The maximum Gasteiger partial charge on any atom is 0.373 e.